The number of hydrogen-bond donors (Lipinski definition) is 1. The Morgan fingerprint density at radius 1 is 1.54 bits per heavy atom. The van der Waals surface area contributed by atoms with Gasteiger partial charge in [0.15, 0.2) is 0 Å². The zero-order valence-corrected chi connectivity index (χ0v) is 8.35. The maximum Gasteiger partial charge on any atom is 0.207 e. The Kier molecular flexibility index (Phi) is 2.90. The van der Waals surface area contributed by atoms with Gasteiger partial charge in [-0.15, -0.1) is 0 Å². The standard InChI is InChI=1S/C9H14N2OS/c10-5-9-11-8(6-12-9)7-1-3-13-4-2-7/h6-7H,1-5,10H2. The number of nitrogens with two attached hydrogens (primary N) is 1. The zero-order valence-electron chi connectivity index (χ0n) is 7.53. The minimum absolute atomic E-state index is 0.404. The first-order valence-electron chi connectivity index (χ1n) is 4.62. The molecule has 0 unspecified atom stereocenters. The van der Waals surface area contributed by atoms with Crippen molar-refractivity contribution in [3.63, 3.8) is 0 Å². The average Bonchev–Trinajstić information content (AvgIpc) is 2.67. The van der Waals surface area contributed by atoms with Crippen LogP contribution in [0.2, 0.25) is 0 Å². The quantitative estimate of drug-likeness (QED) is 0.786. The lowest BCUT2D eigenvalue weighted by molar-refractivity contribution is 0.496. The van der Waals surface area contributed by atoms with Crippen molar-refractivity contribution in [2.45, 2.75) is 25.3 Å². The summed E-state index contributed by atoms with van der Waals surface area (Å²) < 4.78 is 5.22. The van der Waals surface area contributed by atoms with Crippen LogP contribution in [0.1, 0.15) is 30.3 Å². The van der Waals surface area contributed by atoms with Crippen molar-refractivity contribution in [2.75, 3.05) is 11.5 Å². The van der Waals surface area contributed by atoms with Crippen LogP contribution < -0.4 is 5.73 Å². The van der Waals surface area contributed by atoms with Crippen LogP contribution in [-0.4, -0.2) is 16.5 Å². The van der Waals surface area contributed by atoms with Gasteiger partial charge in [-0.1, -0.05) is 0 Å². The van der Waals surface area contributed by atoms with Gasteiger partial charge in [-0.2, -0.15) is 11.8 Å². The minimum atomic E-state index is 0.404. The van der Waals surface area contributed by atoms with Gasteiger partial charge >= 0.3 is 0 Å². The number of nitrogens with zero attached hydrogens (tertiary/aromatic N) is 1. The molecule has 0 spiro atoms. The van der Waals surface area contributed by atoms with Gasteiger partial charge in [-0.25, -0.2) is 4.98 Å². The van der Waals surface area contributed by atoms with Crippen LogP contribution in [0.25, 0.3) is 0 Å². The number of oxazole rings is 1. The lowest BCUT2D eigenvalue weighted by Crippen LogP contribution is -2.08. The van der Waals surface area contributed by atoms with Crippen LogP contribution in [0, 0.1) is 0 Å². The highest BCUT2D eigenvalue weighted by Crippen LogP contribution is 2.30. The Balaban J connectivity index is 2.05. The molecular weight excluding hydrogens is 184 g/mol. The molecule has 1 aliphatic heterocycles. The highest BCUT2D eigenvalue weighted by Gasteiger charge is 2.18. The lowest BCUT2D eigenvalue weighted by atomic mass is 10.00. The Hall–Kier alpha value is -0.480. The van der Waals surface area contributed by atoms with Crippen molar-refractivity contribution in [1.82, 2.24) is 4.98 Å². The summed E-state index contributed by atoms with van der Waals surface area (Å²) in [6.45, 7) is 0.404. The summed E-state index contributed by atoms with van der Waals surface area (Å²) in [4.78, 5) is 4.35. The Morgan fingerprint density at radius 3 is 2.92 bits per heavy atom. The van der Waals surface area contributed by atoms with Gasteiger partial charge in [-0.3, -0.25) is 0 Å². The molecule has 2 rings (SSSR count). The molecule has 1 aromatic heterocycles. The molecule has 0 aromatic carbocycles. The Bertz CT molecular complexity index is 268. The van der Waals surface area contributed by atoms with Crippen molar-refractivity contribution in [1.29, 1.82) is 0 Å². The monoisotopic (exact) mass is 198 g/mol. The highest BCUT2D eigenvalue weighted by atomic mass is 32.2. The predicted octanol–water partition coefficient (Wildman–Crippen LogP) is 1.74. The molecule has 0 amide bonds. The fourth-order valence-corrected chi connectivity index (χ4v) is 2.71. The Morgan fingerprint density at radius 2 is 2.31 bits per heavy atom. The van der Waals surface area contributed by atoms with E-state index in [1.54, 1.807) is 6.26 Å². The molecule has 72 valence electrons. The maximum atomic E-state index is 5.43. The SMILES string of the molecule is NCc1nc(C2CCSCC2)co1. The topological polar surface area (TPSA) is 52.0 Å². The van der Waals surface area contributed by atoms with Gasteiger partial charge in [0.1, 0.15) is 6.26 Å². The summed E-state index contributed by atoms with van der Waals surface area (Å²) in [5.74, 6) is 3.75. The van der Waals surface area contributed by atoms with Crippen molar-refractivity contribution in [3.8, 4) is 0 Å². The van der Waals surface area contributed by atoms with Gasteiger partial charge in [0, 0.05) is 5.92 Å². The number of aromatic nitrogens is 1. The minimum Gasteiger partial charge on any atom is -0.447 e. The van der Waals surface area contributed by atoms with Gasteiger partial charge in [0.25, 0.3) is 0 Å². The Labute approximate surface area is 82.1 Å². The summed E-state index contributed by atoms with van der Waals surface area (Å²) in [6, 6.07) is 0. The summed E-state index contributed by atoms with van der Waals surface area (Å²) in [5, 5.41) is 0. The van der Waals surface area contributed by atoms with E-state index >= 15 is 0 Å². The second kappa shape index (κ2) is 4.15. The van der Waals surface area contributed by atoms with Crippen molar-refractivity contribution >= 4 is 11.8 Å². The molecule has 1 fully saturated rings. The van der Waals surface area contributed by atoms with Gasteiger partial charge < -0.3 is 10.2 Å². The second-order valence-corrected chi connectivity index (χ2v) is 4.48. The molecule has 0 aliphatic carbocycles. The van der Waals surface area contributed by atoms with E-state index in [0.717, 1.165) is 5.69 Å². The third kappa shape index (κ3) is 2.06. The van der Waals surface area contributed by atoms with E-state index in [1.165, 1.54) is 24.3 Å². The van der Waals surface area contributed by atoms with E-state index in [2.05, 4.69) is 4.98 Å². The fraction of sp³-hybridized carbons (Fsp3) is 0.667. The van der Waals surface area contributed by atoms with Gasteiger partial charge in [-0.05, 0) is 24.3 Å². The molecule has 2 heterocycles. The molecule has 1 aromatic rings. The highest BCUT2D eigenvalue weighted by molar-refractivity contribution is 7.99. The molecule has 13 heavy (non-hydrogen) atoms. The fourth-order valence-electron chi connectivity index (χ4n) is 1.60. The molecule has 1 aliphatic rings. The summed E-state index contributed by atoms with van der Waals surface area (Å²) >= 11 is 2.02. The van der Waals surface area contributed by atoms with E-state index in [1.807, 2.05) is 11.8 Å². The van der Waals surface area contributed by atoms with E-state index in [-0.39, 0.29) is 0 Å². The predicted molar refractivity (Wildman–Crippen MR) is 53.7 cm³/mol. The van der Waals surface area contributed by atoms with Crippen LogP contribution in [0.3, 0.4) is 0 Å². The lowest BCUT2D eigenvalue weighted by Gasteiger charge is -2.18. The number of rotatable bonds is 2. The molecule has 0 saturated carbocycles. The first-order valence-corrected chi connectivity index (χ1v) is 5.77. The molecule has 2 N–H and O–H groups in total. The summed E-state index contributed by atoms with van der Waals surface area (Å²) in [7, 11) is 0. The third-order valence-electron chi connectivity index (χ3n) is 2.38. The third-order valence-corrected chi connectivity index (χ3v) is 3.43. The number of thioether (sulfide) groups is 1. The molecule has 0 bridgehead atoms. The van der Waals surface area contributed by atoms with Crippen molar-refractivity contribution in [2.24, 2.45) is 5.73 Å². The largest absolute Gasteiger partial charge is 0.447 e. The molecule has 0 atom stereocenters. The molecule has 3 nitrogen and oxygen atoms in total. The van der Waals surface area contributed by atoms with Crippen molar-refractivity contribution in [3.05, 3.63) is 17.8 Å². The van der Waals surface area contributed by atoms with E-state index in [4.69, 9.17) is 10.2 Å². The first kappa shape index (κ1) is 9.09. The first-order chi connectivity index (χ1) is 6.40. The normalized spacial score (nSPS) is 19.2. The van der Waals surface area contributed by atoms with E-state index < -0.39 is 0 Å². The van der Waals surface area contributed by atoms with Gasteiger partial charge in [0.2, 0.25) is 5.89 Å². The van der Waals surface area contributed by atoms with Crippen LogP contribution in [0.4, 0.5) is 0 Å². The molecular formula is C9H14N2OS. The summed E-state index contributed by atoms with van der Waals surface area (Å²) in [6.07, 6.45) is 4.21. The van der Waals surface area contributed by atoms with Crippen molar-refractivity contribution < 1.29 is 4.42 Å². The van der Waals surface area contributed by atoms with Crippen LogP contribution in [0.15, 0.2) is 10.7 Å². The molecule has 4 heteroatoms. The summed E-state index contributed by atoms with van der Waals surface area (Å²) in [5.41, 5.74) is 6.53. The number of hydrogen-bond acceptors (Lipinski definition) is 4. The van der Waals surface area contributed by atoms with Crippen LogP contribution in [-0.2, 0) is 6.54 Å². The van der Waals surface area contributed by atoms with Crippen LogP contribution in [0.5, 0.6) is 0 Å². The maximum absolute atomic E-state index is 5.43. The van der Waals surface area contributed by atoms with Gasteiger partial charge in [0.05, 0.1) is 12.2 Å². The molecule has 1 saturated heterocycles. The average molecular weight is 198 g/mol. The zero-order chi connectivity index (χ0) is 9.10. The van der Waals surface area contributed by atoms with E-state index in [9.17, 15) is 0 Å². The molecule has 0 radical (unpaired) electrons. The smallest absolute Gasteiger partial charge is 0.207 e. The van der Waals surface area contributed by atoms with Crippen LogP contribution >= 0.6 is 11.8 Å². The second-order valence-electron chi connectivity index (χ2n) is 3.26. The van der Waals surface area contributed by atoms with E-state index in [0.29, 0.717) is 18.4 Å².